The normalized spacial score (nSPS) is 18.9. The van der Waals surface area contributed by atoms with Crippen LogP contribution in [0.4, 0.5) is 0 Å². The molecule has 1 fully saturated rings. The Hall–Kier alpha value is -0.860. The largest absolute Gasteiger partial charge is 0.309 e. The molecule has 1 heterocycles. The van der Waals surface area contributed by atoms with E-state index in [0.717, 1.165) is 19.0 Å². The number of aryl methyl sites for hydroxylation is 2. The van der Waals surface area contributed by atoms with Gasteiger partial charge >= 0.3 is 0 Å². The van der Waals surface area contributed by atoms with Crippen molar-refractivity contribution in [1.29, 1.82) is 0 Å². The van der Waals surface area contributed by atoms with Crippen LogP contribution in [0.15, 0.2) is 18.2 Å². The zero-order valence-corrected chi connectivity index (χ0v) is 14.3. The van der Waals surface area contributed by atoms with Crippen molar-refractivity contribution < 1.29 is 0 Å². The van der Waals surface area contributed by atoms with E-state index in [9.17, 15) is 0 Å². The van der Waals surface area contributed by atoms with E-state index in [1.165, 1.54) is 49.0 Å². The molecule has 2 heteroatoms. The van der Waals surface area contributed by atoms with E-state index in [2.05, 4.69) is 56.1 Å². The lowest BCUT2D eigenvalue weighted by molar-refractivity contribution is 0.175. The zero-order chi connectivity index (χ0) is 15.2. The molecule has 0 saturated carbocycles. The van der Waals surface area contributed by atoms with Crippen molar-refractivity contribution in [3.63, 3.8) is 0 Å². The maximum atomic E-state index is 3.77. The highest BCUT2D eigenvalue weighted by molar-refractivity contribution is 5.33. The second-order valence-electron chi connectivity index (χ2n) is 6.85. The topological polar surface area (TPSA) is 15.3 Å². The smallest absolute Gasteiger partial charge is 0.0452 e. The predicted octanol–water partition coefficient (Wildman–Crippen LogP) is 4.08. The fourth-order valence-electron chi connectivity index (χ4n) is 3.23. The predicted molar refractivity (Wildman–Crippen MR) is 91.8 cm³/mol. The number of likely N-dealkylation sites (tertiary alicyclic amines) is 1. The summed E-state index contributed by atoms with van der Waals surface area (Å²) < 4.78 is 0. The van der Waals surface area contributed by atoms with Crippen LogP contribution in [0.5, 0.6) is 0 Å². The molecule has 0 bridgehead atoms. The van der Waals surface area contributed by atoms with Crippen molar-refractivity contribution in [1.82, 2.24) is 10.2 Å². The molecule has 0 spiro atoms. The number of nitrogens with one attached hydrogen (secondary N) is 1. The van der Waals surface area contributed by atoms with Crippen LogP contribution in [0.1, 0.15) is 55.8 Å². The van der Waals surface area contributed by atoms with E-state index in [0.29, 0.717) is 6.04 Å². The molecule has 1 N–H and O–H groups in total. The highest BCUT2D eigenvalue weighted by Crippen LogP contribution is 2.23. The average molecular weight is 288 g/mol. The van der Waals surface area contributed by atoms with Crippen LogP contribution in [0.3, 0.4) is 0 Å². The number of hydrogen-bond acceptors (Lipinski definition) is 2. The molecular formula is C19H32N2. The maximum Gasteiger partial charge on any atom is 0.0452 e. The number of piperidine rings is 1. The highest BCUT2D eigenvalue weighted by atomic mass is 15.2. The Labute approximate surface area is 130 Å². The van der Waals surface area contributed by atoms with Crippen molar-refractivity contribution in [2.45, 2.75) is 53.0 Å². The maximum absolute atomic E-state index is 3.77. The first-order valence-electron chi connectivity index (χ1n) is 8.63. The molecule has 1 aliphatic rings. The Kier molecular flexibility index (Phi) is 6.25. The van der Waals surface area contributed by atoms with Crippen LogP contribution in [0, 0.1) is 19.8 Å². The summed E-state index contributed by atoms with van der Waals surface area (Å²) in [5, 5.41) is 3.77. The van der Waals surface area contributed by atoms with Gasteiger partial charge in [-0.1, -0.05) is 37.6 Å². The molecule has 0 aromatic heterocycles. The zero-order valence-electron chi connectivity index (χ0n) is 14.3. The third kappa shape index (κ3) is 4.82. The van der Waals surface area contributed by atoms with Crippen molar-refractivity contribution in [2.75, 3.05) is 26.2 Å². The third-order valence-electron chi connectivity index (χ3n) is 4.77. The summed E-state index contributed by atoms with van der Waals surface area (Å²) in [6.07, 6.45) is 3.90. The Bertz CT molecular complexity index is 433. The Balaban J connectivity index is 2.08. The van der Waals surface area contributed by atoms with E-state index < -0.39 is 0 Å². The van der Waals surface area contributed by atoms with Crippen molar-refractivity contribution in [3.8, 4) is 0 Å². The van der Waals surface area contributed by atoms with Gasteiger partial charge < -0.3 is 10.2 Å². The van der Waals surface area contributed by atoms with Gasteiger partial charge in [0.25, 0.3) is 0 Å². The minimum absolute atomic E-state index is 0.471. The van der Waals surface area contributed by atoms with Gasteiger partial charge in [-0.25, -0.2) is 0 Å². The van der Waals surface area contributed by atoms with E-state index >= 15 is 0 Å². The summed E-state index contributed by atoms with van der Waals surface area (Å²) in [5.74, 6) is 0.906. The van der Waals surface area contributed by atoms with Crippen LogP contribution in [-0.4, -0.2) is 31.1 Å². The molecule has 2 nitrogen and oxygen atoms in total. The Morgan fingerprint density at radius 2 is 1.95 bits per heavy atom. The Morgan fingerprint density at radius 3 is 2.62 bits per heavy atom. The van der Waals surface area contributed by atoms with Crippen molar-refractivity contribution in [2.24, 2.45) is 5.92 Å². The van der Waals surface area contributed by atoms with Gasteiger partial charge in [-0.15, -0.1) is 0 Å². The molecule has 2 rings (SSSR count). The lowest BCUT2D eigenvalue weighted by atomic mass is 9.95. The summed E-state index contributed by atoms with van der Waals surface area (Å²) in [4.78, 5) is 2.65. The van der Waals surface area contributed by atoms with Gasteiger partial charge in [0.1, 0.15) is 0 Å². The SMILES string of the molecule is CCCNC(CN1CCC(C)CC1)c1cc(C)ccc1C. The molecule has 1 saturated heterocycles. The summed E-state index contributed by atoms with van der Waals surface area (Å²) >= 11 is 0. The molecule has 1 aromatic carbocycles. The van der Waals surface area contributed by atoms with Gasteiger partial charge in [-0.2, -0.15) is 0 Å². The first-order valence-corrected chi connectivity index (χ1v) is 8.63. The van der Waals surface area contributed by atoms with E-state index in [1.807, 2.05) is 0 Å². The van der Waals surface area contributed by atoms with E-state index in [1.54, 1.807) is 0 Å². The van der Waals surface area contributed by atoms with Crippen LogP contribution in [0.25, 0.3) is 0 Å². The van der Waals surface area contributed by atoms with E-state index in [-0.39, 0.29) is 0 Å². The summed E-state index contributed by atoms with van der Waals surface area (Å²) in [6, 6.07) is 7.33. The number of hydrogen-bond donors (Lipinski definition) is 1. The van der Waals surface area contributed by atoms with Crippen LogP contribution >= 0.6 is 0 Å². The van der Waals surface area contributed by atoms with Crippen LogP contribution in [0.2, 0.25) is 0 Å². The van der Waals surface area contributed by atoms with Gasteiger partial charge in [0.2, 0.25) is 0 Å². The Morgan fingerprint density at radius 1 is 1.24 bits per heavy atom. The van der Waals surface area contributed by atoms with E-state index in [4.69, 9.17) is 0 Å². The molecule has 0 radical (unpaired) electrons. The van der Waals surface area contributed by atoms with Crippen LogP contribution < -0.4 is 5.32 Å². The van der Waals surface area contributed by atoms with Gasteiger partial charge in [0.05, 0.1) is 0 Å². The number of rotatable bonds is 6. The summed E-state index contributed by atoms with van der Waals surface area (Å²) in [7, 11) is 0. The molecule has 21 heavy (non-hydrogen) atoms. The number of benzene rings is 1. The second-order valence-corrected chi connectivity index (χ2v) is 6.85. The minimum atomic E-state index is 0.471. The van der Waals surface area contributed by atoms with Gasteiger partial charge in [0.15, 0.2) is 0 Å². The fraction of sp³-hybridized carbons (Fsp3) is 0.684. The monoisotopic (exact) mass is 288 g/mol. The quantitative estimate of drug-likeness (QED) is 0.848. The number of nitrogens with zero attached hydrogens (tertiary/aromatic N) is 1. The minimum Gasteiger partial charge on any atom is -0.309 e. The van der Waals surface area contributed by atoms with Gasteiger partial charge in [0, 0.05) is 12.6 Å². The first-order chi connectivity index (χ1) is 10.1. The molecule has 118 valence electrons. The van der Waals surface area contributed by atoms with Crippen LogP contribution in [-0.2, 0) is 0 Å². The molecule has 1 aromatic rings. The van der Waals surface area contributed by atoms with Crippen molar-refractivity contribution in [3.05, 3.63) is 34.9 Å². The van der Waals surface area contributed by atoms with Gasteiger partial charge in [-0.3, -0.25) is 0 Å². The van der Waals surface area contributed by atoms with Crippen molar-refractivity contribution >= 4 is 0 Å². The standard InChI is InChI=1S/C19H32N2/c1-5-10-20-19(14-21-11-8-15(2)9-12-21)18-13-16(3)6-7-17(18)4/h6-7,13,15,19-20H,5,8-12,14H2,1-4H3. The van der Waals surface area contributed by atoms with Gasteiger partial charge in [-0.05, 0) is 69.8 Å². The first kappa shape index (κ1) is 16.5. The molecule has 0 aliphatic carbocycles. The lowest BCUT2D eigenvalue weighted by Crippen LogP contribution is -2.40. The molecule has 0 amide bonds. The molecule has 1 atom stereocenters. The fourth-order valence-corrected chi connectivity index (χ4v) is 3.23. The lowest BCUT2D eigenvalue weighted by Gasteiger charge is -2.34. The molecule has 1 unspecified atom stereocenters. The molecular weight excluding hydrogens is 256 g/mol. The molecule has 1 aliphatic heterocycles. The summed E-state index contributed by atoms with van der Waals surface area (Å²) in [6.45, 7) is 13.8. The third-order valence-corrected chi connectivity index (χ3v) is 4.77. The average Bonchev–Trinajstić information content (AvgIpc) is 2.48. The highest BCUT2D eigenvalue weighted by Gasteiger charge is 2.21. The summed E-state index contributed by atoms with van der Waals surface area (Å²) in [5.41, 5.74) is 4.27. The second kappa shape index (κ2) is 7.95.